The normalized spacial score (nSPS) is 24.1. The van der Waals surface area contributed by atoms with Gasteiger partial charge in [-0.15, -0.1) is 0 Å². The molecule has 2 aliphatic heterocycles. The summed E-state index contributed by atoms with van der Waals surface area (Å²) >= 11 is 1.40. The van der Waals surface area contributed by atoms with E-state index in [9.17, 15) is 14.7 Å². The molecule has 25 heavy (non-hydrogen) atoms. The number of nitrogens with zero attached hydrogens (tertiary/aromatic N) is 3. The van der Waals surface area contributed by atoms with Crippen LogP contribution in [0, 0.1) is 6.92 Å². The summed E-state index contributed by atoms with van der Waals surface area (Å²) in [6.45, 7) is 4.25. The van der Waals surface area contributed by atoms with Crippen molar-refractivity contribution in [2.45, 2.75) is 38.7 Å². The molecular weight excluding hydrogens is 340 g/mol. The number of aliphatic hydroxyl groups excluding tert-OH is 1. The van der Waals surface area contributed by atoms with E-state index in [2.05, 4.69) is 16.4 Å². The SMILES string of the molecule is Cc1cccc(CN2C(SCC(C)O)=NC3C2C(=O)NC(=O)N3C)c1. The molecule has 2 heterocycles. The topological polar surface area (TPSA) is 85.2 Å². The van der Waals surface area contributed by atoms with Crippen LogP contribution in [0.2, 0.25) is 0 Å². The van der Waals surface area contributed by atoms with Gasteiger partial charge in [0.15, 0.2) is 17.4 Å². The highest BCUT2D eigenvalue weighted by Gasteiger charge is 2.48. The maximum absolute atomic E-state index is 12.5. The van der Waals surface area contributed by atoms with Crippen molar-refractivity contribution in [3.63, 3.8) is 0 Å². The predicted octanol–water partition coefficient (Wildman–Crippen LogP) is 1.16. The van der Waals surface area contributed by atoms with Crippen molar-refractivity contribution in [1.29, 1.82) is 0 Å². The van der Waals surface area contributed by atoms with Gasteiger partial charge in [0.05, 0.1) is 6.10 Å². The lowest BCUT2D eigenvalue weighted by Gasteiger charge is -2.36. The van der Waals surface area contributed by atoms with Crippen molar-refractivity contribution in [3.8, 4) is 0 Å². The summed E-state index contributed by atoms with van der Waals surface area (Å²) < 4.78 is 0. The summed E-state index contributed by atoms with van der Waals surface area (Å²) in [4.78, 5) is 32.3. The van der Waals surface area contributed by atoms with Crippen LogP contribution in [0.1, 0.15) is 18.1 Å². The van der Waals surface area contributed by atoms with Crippen LogP contribution < -0.4 is 5.32 Å². The molecule has 7 nitrogen and oxygen atoms in total. The molecule has 1 fully saturated rings. The predicted molar refractivity (Wildman–Crippen MR) is 97.2 cm³/mol. The van der Waals surface area contributed by atoms with E-state index in [1.807, 2.05) is 30.0 Å². The number of urea groups is 1. The molecule has 0 spiro atoms. The number of aryl methyl sites for hydroxylation is 1. The highest BCUT2D eigenvalue weighted by atomic mass is 32.2. The molecule has 0 saturated carbocycles. The number of rotatable bonds is 4. The van der Waals surface area contributed by atoms with Crippen molar-refractivity contribution >= 4 is 28.9 Å². The van der Waals surface area contributed by atoms with E-state index in [-0.39, 0.29) is 5.91 Å². The smallest absolute Gasteiger partial charge is 0.325 e. The Hall–Kier alpha value is -2.06. The number of aliphatic imine (C=N–C) groups is 1. The van der Waals surface area contributed by atoms with Gasteiger partial charge in [0.25, 0.3) is 5.91 Å². The highest BCUT2D eigenvalue weighted by molar-refractivity contribution is 8.13. The molecule has 134 valence electrons. The lowest BCUT2D eigenvalue weighted by atomic mass is 10.1. The summed E-state index contributed by atoms with van der Waals surface area (Å²) in [7, 11) is 1.63. The molecule has 1 aromatic rings. The quantitative estimate of drug-likeness (QED) is 0.839. The Labute approximate surface area is 151 Å². The minimum Gasteiger partial charge on any atom is -0.393 e. The molecule has 0 aliphatic carbocycles. The van der Waals surface area contributed by atoms with E-state index in [0.29, 0.717) is 17.5 Å². The van der Waals surface area contributed by atoms with Crippen molar-refractivity contribution in [3.05, 3.63) is 35.4 Å². The Morgan fingerprint density at radius 3 is 2.84 bits per heavy atom. The second-order valence-corrected chi connectivity index (χ2v) is 7.44. The van der Waals surface area contributed by atoms with Crippen molar-refractivity contribution in [2.24, 2.45) is 4.99 Å². The van der Waals surface area contributed by atoms with Gasteiger partial charge in [-0.25, -0.2) is 9.79 Å². The van der Waals surface area contributed by atoms with E-state index >= 15 is 0 Å². The van der Waals surface area contributed by atoms with Crippen LogP contribution in [0.5, 0.6) is 0 Å². The molecular formula is C17H22N4O3S. The van der Waals surface area contributed by atoms with Gasteiger partial charge in [-0.1, -0.05) is 41.6 Å². The average molecular weight is 362 g/mol. The van der Waals surface area contributed by atoms with Gasteiger partial charge in [0.2, 0.25) is 0 Å². The number of carbonyl (C=O) groups excluding carboxylic acids is 2. The molecule has 3 rings (SSSR count). The van der Waals surface area contributed by atoms with Gasteiger partial charge < -0.3 is 14.9 Å². The fraction of sp³-hybridized carbons (Fsp3) is 0.471. The first-order chi connectivity index (χ1) is 11.9. The molecule has 8 heteroatoms. The second-order valence-electron chi connectivity index (χ2n) is 6.45. The first-order valence-electron chi connectivity index (χ1n) is 8.15. The number of carbonyl (C=O) groups is 2. The van der Waals surface area contributed by atoms with E-state index in [4.69, 9.17) is 0 Å². The summed E-state index contributed by atoms with van der Waals surface area (Å²) in [5.41, 5.74) is 2.21. The number of imide groups is 1. The number of likely N-dealkylation sites (N-methyl/N-ethyl adjacent to an activating group) is 1. The summed E-state index contributed by atoms with van der Waals surface area (Å²) in [6, 6.07) is 7.08. The zero-order valence-electron chi connectivity index (χ0n) is 14.5. The molecule has 2 N–H and O–H groups in total. The molecule has 1 aromatic carbocycles. The van der Waals surface area contributed by atoms with Crippen molar-refractivity contribution < 1.29 is 14.7 Å². The van der Waals surface area contributed by atoms with Gasteiger partial charge in [-0.05, 0) is 19.4 Å². The van der Waals surface area contributed by atoms with Gasteiger partial charge in [-0.3, -0.25) is 10.1 Å². The largest absolute Gasteiger partial charge is 0.393 e. The van der Waals surface area contributed by atoms with Crippen LogP contribution >= 0.6 is 11.8 Å². The number of hydrogen-bond acceptors (Lipinski definition) is 6. The Bertz CT molecular complexity index is 722. The highest BCUT2D eigenvalue weighted by Crippen LogP contribution is 2.30. The van der Waals surface area contributed by atoms with E-state index in [0.717, 1.165) is 11.1 Å². The van der Waals surface area contributed by atoms with Crippen molar-refractivity contribution in [1.82, 2.24) is 15.1 Å². The Morgan fingerprint density at radius 1 is 1.40 bits per heavy atom. The number of amides is 3. The number of hydrogen-bond donors (Lipinski definition) is 2. The summed E-state index contributed by atoms with van der Waals surface area (Å²) in [6.07, 6.45) is -1.02. The summed E-state index contributed by atoms with van der Waals surface area (Å²) in [5.74, 6) is 0.138. The van der Waals surface area contributed by atoms with Gasteiger partial charge in [-0.2, -0.15) is 0 Å². The molecule has 0 radical (unpaired) electrons. The lowest BCUT2D eigenvalue weighted by Crippen LogP contribution is -2.63. The Kier molecular flexibility index (Phi) is 5.01. The third-order valence-corrected chi connectivity index (χ3v) is 5.46. The third kappa shape index (κ3) is 3.64. The fourth-order valence-electron chi connectivity index (χ4n) is 2.99. The molecule has 0 bridgehead atoms. The first kappa shape index (κ1) is 17.8. The minimum atomic E-state index is -0.556. The Morgan fingerprint density at radius 2 is 2.16 bits per heavy atom. The zero-order valence-corrected chi connectivity index (χ0v) is 15.3. The monoisotopic (exact) mass is 362 g/mol. The number of nitrogens with one attached hydrogen (secondary N) is 1. The maximum atomic E-state index is 12.5. The van der Waals surface area contributed by atoms with E-state index in [1.54, 1.807) is 14.0 Å². The van der Waals surface area contributed by atoms with Gasteiger partial charge in [0.1, 0.15) is 0 Å². The number of thioether (sulfide) groups is 1. The van der Waals surface area contributed by atoms with Crippen LogP contribution in [0.3, 0.4) is 0 Å². The van der Waals surface area contributed by atoms with Gasteiger partial charge >= 0.3 is 6.03 Å². The minimum absolute atomic E-state index is 0.336. The van der Waals surface area contributed by atoms with Crippen LogP contribution in [0.4, 0.5) is 4.79 Å². The van der Waals surface area contributed by atoms with Crippen LogP contribution in [-0.2, 0) is 11.3 Å². The standard InChI is InChI=1S/C17H22N4O3S/c1-10-5-4-6-12(7-10)8-21-13-14(18-17(21)25-9-11(2)22)20(3)16(24)19-15(13)23/h4-7,11,13-14,22H,8-9H2,1-3H3,(H,19,23,24). The lowest BCUT2D eigenvalue weighted by molar-refractivity contribution is -0.127. The molecule has 0 aromatic heterocycles. The molecule has 1 saturated heterocycles. The van der Waals surface area contributed by atoms with Crippen LogP contribution in [-0.4, -0.2) is 63.1 Å². The fourth-order valence-corrected chi connectivity index (χ4v) is 3.91. The maximum Gasteiger partial charge on any atom is 0.325 e. The van der Waals surface area contributed by atoms with E-state index < -0.39 is 24.3 Å². The molecule has 3 atom stereocenters. The summed E-state index contributed by atoms with van der Waals surface area (Å²) in [5, 5.41) is 12.7. The van der Waals surface area contributed by atoms with E-state index in [1.165, 1.54) is 16.7 Å². The van der Waals surface area contributed by atoms with Crippen LogP contribution in [0.25, 0.3) is 0 Å². The number of amidine groups is 1. The number of benzene rings is 1. The number of fused-ring (bicyclic) bond motifs is 1. The average Bonchev–Trinajstić information content (AvgIpc) is 2.90. The Balaban J connectivity index is 1.89. The number of aliphatic hydroxyl groups is 1. The van der Waals surface area contributed by atoms with Gasteiger partial charge in [0, 0.05) is 19.3 Å². The van der Waals surface area contributed by atoms with Crippen molar-refractivity contribution in [2.75, 3.05) is 12.8 Å². The second kappa shape index (κ2) is 7.05. The molecule has 2 aliphatic rings. The molecule has 3 amide bonds. The molecule has 3 unspecified atom stereocenters. The van der Waals surface area contributed by atoms with Crippen LogP contribution in [0.15, 0.2) is 29.3 Å². The zero-order chi connectivity index (χ0) is 18.1. The third-order valence-electron chi connectivity index (χ3n) is 4.21. The first-order valence-corrected chi connectivity index (χ1v) is 9.14.